The summed E-state index contributed by atoms with van der Waals surface area (Å²) in [7, 11) is 0. The quantitative estimate of drug-likeness (QED) is 0.591. The highest BCUT2D eigenvalue weighted by atomic mass is 16.3. The molecule has 3 aromatic rings. The smallest absolute Gasteiger partial charge is 0.273 e. The molecule has 1 aromatic carbocycles. The third-order valence-corrected chi connectivity index (χ3v) is 4.35. The molecule has 0 fully saturated rings. The summed E-state index contributed by atoms with van der Waals surface area (Å²) >= 11 is 0. The Kier molecular flexibility index (Phi) is 6.33. The Morgan fingerprint density at radius 3 is 2.86 bits per heavy atom. The third-order valence-electron chi connectivity index (χ3n) is 4.35. The number of hydrogen-bond donors (Lipinski definition) is 2. The second kappa shape index (κ2) is 9.09. The molecule has 0 radical (unpaired) electrons. The SMILES string of the molecule is CCCC=Nc1c(C)cccc1CNC(=O)c1nc(C)c(-c2ncco2)nc1N. The van der Waals surface area contributed by atoms with E-state index in [1.165, 1.54) is 12.5 Å². The maximum atomic E-state index is 12.7. The van der Waals surface area contributed by atoms with E-state index >= 15 is 0 Å². The van der Waals surface area contributed by atoms with Crippen LogP contribution in [0.4, 0.5) is 11.5 Å². The Balaban J connectivity index is 1.78. The van der Waals surface area contributed by atoms with Crippen molar-refractivity contribution in [2.75, 3.05) is 5.73 Å². The number of unbranched alkanes of at least 4 members (excludes halogenated alkanes) is 1. The van der Waals surface area contributed by atoms with E-state index in [1.54, 1.807) is 6.92 Å². The summed E-state index contributed by atoms with van der Waals surface area (Å²) in [6.45, 7) is 6.13. The van der Waals surface area contributed by atoms with Gasteiger partial charge in [0.2, 0.25) is 5.89 Å². The highest BCUT2D eigenvalue weighted by Gasteiger charge is 2.19. The second-order valence-corrected chi connectivity index (χ2v) is 6.59. The van der Waals surface area contributed by atoms with Gasteiger partial charge in [0.1, 0.15) is 12.0 Å². The van der Waals surface area contributed by atoms with Gasteiger partial charge in [0.25, 0.3) is 5.91 Å². The first-order valence-corrected chi connectivity index (χ1v) is 9.44. The molecule has 0 saturated carbocycles. The van der Waals surface area contributed by atoms with Crippen molar-refractivity contribution < 1.29 is 9.21 Å². The fourth-order valence-corrected chi connectivity index (χ4v) is 2.83. The molecule has 2 heterocycles. The third kappa shape index (κ3) is 4.66. The van der Waals surface area contributed by atoms with Gasteiger partial charge < -0.3 is 15.5 Å². The lowest BCUT2D eigenvalue weighted by atomic mass is 10.1. The van der Waals surface area contributed by atoms with Crippen LogP contribution in [0, 0.1) is 13.8 Å². The summed E-state index contributed by atoms with van der Waals surface area (Å²) in [4.78, 5) is 29.9. The minimum atomic E-state index is -0.401. The van der Waals surface area contributed by atoms with Crippen LogP contribution in [0.5, 0.6) is 0 Å². The number of nitrogens with one attached hydrogen (secondary N) is 1. The lowest BCUT2D eigenvalue weighted by Crippen LogP contribution is -2.26. The van der Waals surface area contributed by atoms with E-state index in [-0.39, 0.29) is 11.5 Å². The molecule has 8 heteroatoms. The number of nitrogen functional groups attached to an aromatic ring is 1. The van der Waals surface area contributed by atoms with Gasteiger partial charge in [-0.2, -0.15) is 0 Å². The predicted octanol–water partition coefficient (Wildman–Crippen LogP) is 3.76. The van der Waals surface area contributed by atoms with Crippen molar-refractivity contribution in [3.63, 3.8) is 0 Å². The number of carbonyl (C=O) groups is 1. The molecule has 0 unspecified atom stereocenters. The Morgan fingerprint density at radius 2 is 2.14 bits per heavy atom. The average molecular weight is 392 g/mol. The molecule has 1 amide bonds. The van der Waals surface area contributed by atoms with Crippen molar-refractivity contribution in [3.8, 4) is 11.6 Å². The summed E-state index contributed by atoms with van der Waals surface area (Å²) in [5, 5.41) is 2.86. The second-order valence-electron chi connectivity index (χ2n) is 6.59. The first kappa shape index (κ1) is 20.2. The van der Waals surface area contributed by atoms with Crippen LogP contribution in [-0.2, 0) is 6.54 Å². The largest absolute Gasteiger partial charge is 0.443 e. The monoisotopic (exact) mass is 392 g/mol. The minimum absolute atomic E-state index is 0.0201. The van der Waals surface area contributed by atoms with Crippen LogP contribution in [0.1, 0.15) is 47.1 Å². The van der Waals surface area contributed by atoms with E-state index in [2.05, 4.69) is 32.2 Å². The van der Waals surface area contributed by atoms with Gasteiger partial charge in [-0.1, -0.05) is 31.5 Å². The number of benzene rings is 1. The van der Waals surface area contributed by atoms with E-state index in [9.17, 15) is 4.79 Å². The number of oxazole rings is 1. The normalized spacial score (nSPS) is 11.1. The number of aliphatic imine (C=N–C) groups is 1. The molecule has 0 aliphatic carbocycles. The van der Waals surface area contributed by atoms with Gasteiger partial charge in [0, 0.05) is 12.8 Å². The van der Waals surface area contributed by atoms with Crippen LogP contribution in [0.3, 0.4) is 0 Å². The maximum absolute atomic E-state index is 12.7. The van der Waals surface area contributed by atoms with Crippen molar-refractivity contribution >= 4 is 23.6 Å². The number of anilines is 1. The summed E-state index contributed by atoms with van der Waals surface area (Å²) in [6.07, 6.45) is 6.79. The lowest BCUT2D eigenvalue weighted by molar-refractivity contribution is 0.0946. The number of carbonyl (C=O) groups excluding carboxylic acids is 1. The highest BCUT2D eigenvalue weighted by Crippen LogP contribution is 2.24. The van der Waals surface area contributed by atoms with Crippen molar-refractivity contribution in [1.29, 1.82) is 0 Å². The van der Waals surface area contributed by atoms with Gasteiger partial charge in [-0.05, 0) is 31.4 Å². The number of aryl methyl sites for hydroxylation is 2. The Hall–Kier alpha value is -3.55. The molecule has 29 heavy (non-hydrogen) atoms. The van der Waals surface area contributed by atoms with Gasteiger partial charge in [-0.25, -0.2) is 15.0 Å². The van der Waals surface area contributed by atoms with Crippen LogP contribution < -0.4 is 11.1 Å². The molecular formula is C21H24N6O2. The molecule has 0 spiro atoms. The van der Waals surface area contributed by atoms with Gasteiger partial charge >= 0.3 is 0 Å². The molecule has 0 bridgehead atoms. The lowest BCUT2D eigenvalue weighted by Gasteiger charge is -2.11. The van der Waals surface area contributed by atoms with Crippen molar-refractivity contribution in [1.82, 2.24) is 20.3 Å². The zero-order chi connectivity index (χ0) is 20.8. The maximum Gasteiger partial charge on any atom is 0.273 e. The van der Waals surface area contributed by atoms with Gasteiger partial charge in [0.05, 0.1) is 17.6 Å². The zero-order valence-corrected chi connectivity index (χ0v) is 16.8. The van der Waals surface area contributed by atoms with Crippen LogP contribution in [0.2, 0.25) is 0 Å². The summed E-state index contributed by atoms with van der Waals surface area (Å²) in [6, 6.07) is 5.88. The van der Waals surface area contributed by atoms with Crippen molar-refractivity contribution in [3.05, 3.63) is 53.2 Å². The van der Waals surface area contributed by atoms with Crippen LogP contribution in [-0.4, -0.2) is 27.1 Å². The predicted molar refractivity (Wildman–Crippen MR) is 112 cm³/mol. The molecular weight excluding hydrogens is 368 g/mol. The van der Waals surface area contributed by atoms with Crippen molar-refractivity contribution in [2.24, 2.45) is 4.99 Å². The minimum Gasteiger partial charge on any atom is -0.443 e. The molecule has 8 nitrogen and oxygen atoms in total. The standard InChI is InChI=1S/C21H24N6O2/c1-4-5-9-23-16-13(2)7-6-8-15(16)12-25-20(28)18-19(22)27-17(14(3)26-18)21-24-10-11-29-21/h6-11H,4-5,12H2,1-3H3,(H2,22,27)(H,25,28). The first-order valence-electron chi connectivity index (χ1n) is 9.44. The summed E-state index contributed by atoms with van der Waals surface area (Å²) in [5.74, 6) is -0.0724. The molecule has 150 valence electrons. The number of rotatable bonds is 7. The molecule has 0 aliphatic heterocycles. The van der Waals surface area contributed by atoms with Crippen LogP contribution in [0.25, 0.3) is 11.6 Å². The number of aromatic nitrogens is 3. The van der Waals surface area contributed by atoms with Gasteiger partial charge in [-0.3, -0.25) is 9.79 Å². The first-order chi connectivity index (χ1) is 14.0. The number of hydrogen-bond acceptors (Lipinski definition) is 7. The Bertz CT molecular complexity index is 1030. The van der Waals surface area contributed by atoms with Gasteiger partial charge in [-0.15, -0.1) is 0 Å². The van der Waals surface area contributed by atoms with E-state index in [0.29, 0.717) is 23.8 Å². The number of para-hydroxylation sites is 1. The molecule has 3 rings (SSSR count). The highest BCUT2D eigenvalue weighted by molar-refractivity contribution is 5.96. The summed E-state index contributed by atoms with van der Waals surface area (Å²) < 4.78 is 5.24. The fraction of sp³-hybridized carbons (Fsp3) is 0.286. The van der Waals surface area contributed by atoms with E-state index < -0.39 is 5.91 Å². The molecule has 0 aliphatic rings. The van der Waals surface area contributed by atoms with E-state index in [4.69, 9.17) is 10.2 Å². The summed E-state index contributed by atoms with van der Waals surface area (Å²) in [5.41, 5.74) is 9.81. The van der Waals surface area contributed by atoms with Crippen molar-refractivity contribution in [2.45, 2.75) is 40.2 Å². The molecule has 0 saturated heterocycles. The Morgan fingerprint density at radius 1 is 1.31 bits per heavy atom. The number of nitrogens with two attached hydrogens (primary N) is 1. The molecule has 0 atom stereocenters. The van der Waals surface area contributed by atoms with E-state index in [1.807, 2.05) is 31.3 Å². The van der Waals surface area contributed by atoms with E-state index in [0.717, 1.165) is 29.7 Å². The number of nitrogens with zero attached hydrogens (tertiary/aromatic N) is 4. The van der Waals surface area contributed by atoms with Crippen LogP contribution in [0.15, 0.2) is 40.1 Å². The fourth-order valence-electron chi connectivity index (χ4n) is 2.83. The number of amides is 1. The van der Waals surface area contributed by atoms with Gasteiger partial charge in [0.15, 0.2) is 11.5 Å². The zero-order valence-electron chi connectivity index (χ0n) is 16.8. The Labute approximate surface area is 169 Å². The van der Waals surface area contributed by atoms with Crippen LogP contribution >= 0.6 is 0 Å². The topological polar surface area (TPSA) is 119 Å². The molecule has 2 aromatic heterocycles. The average Bonchev–Trinajstić information content (AvgIpc) is 3.24. The molecule has 3 N–H and O–H groups in total.